The summed E-state index contributed by atoms with van der Waals surface area (Å²) in [5, 5.41) is 4.43. The molecule has 1 aliphatic heterocycles. The van der Waals surface area contributed by atoms with Crippen LogP contribution in [-0.4, -0.2) is 40.1 Å². The molecule has 0 aromatic carbocycles. The molecule has 1 amide bonds. The van der Waals surface area contributed by atoms with E-state index in [1.54, 1.807) is 0 Å². The third kappa shape index (κ3) is 2.74. The van der Waals surface area contributed by atoms with Gasteiger partial charge in [0.1, 0.15) is 0 Å². The number of rotatable bonds is 4. The lowest BCUT2D eigenvalue weighted by Gasteiger charge is -2.34. The Morgan fingerprint density at radius 1 is 1.29 bits per heavy atom. The predicted molar refractivity (Wildman–Crippen MR) is 89.4 cm³/mol. The van der Waals surface area contributed by atoms with Crippen LogP contribution >= 0.6 is 11.8 Å². The third-order valence-corrected chi connectivity index (χ3v) is 6.81. The number of amides is 1. The maximum atomic E-state index is 13.2. The van der Waals surface area contributed by atoms with Gasteiger partial charge in [-0.3, -0.25) is 10.1 Å². The summed E-state index contributed by atoms with van der Waals surface area (Å²) in [6, 6.07) is 0.462. The highest BCUT2D eigenvalue weighted by Crippen LogP contribution is 2.42. The zero-order valence-electron chi connectivity index (χ0n) is 13.7. The summed E-state index contributed by atoms with van der Waals surface area (Å²) in [6.07, 6.45) is 11.8. The van der Waals surface area contributed by atoms with Crippen LogP contribution in [0.5, 0.6) is 0 Å². The summed E-state index contributed by atoms with van der Waals surface area (Å²) >= 11 is 1.96. The summed E-state index contributed by atoms with van der Waals surface area (Å²) in [6.45, 7) is 4.54. The van der Waals surface area contributed by atoms with E-state index >= 15 is 0 Å². The van der Waals surface area contributed by atoms with E-state index in [-0.39, 0.29) is 11.7 Å². The first-order valence-electron chi connectivity index (χ1n) is 8.70. The average molecular weight is 311 g/mol. The van der Waals surface area contributed by atoms with E-state index in [9.17, 15) is 4.79 Å². The number of nitrogens with zero attached hydrogens (tertiary/aromatic N) is 1. The van der Waals surface area contributed by atoms with Gasteiger partial charge in [0.25, 0.3) is 0 Å². The molecule has 21 heavy (non-hydrogen) atoms. The fourth-order valence-corrected chi connectivity index (χ4v) is 5.66. The predicted octanol–water partition coefficient (Wildman–Crippen LogP) is 3.39. The van der Waals surface area contributed by atoms with Gasteiger partial charge in [0.15, 0.2) is 0 Å². The Morgan fingerprint density at radius 3 is 2.62 bits per heavy atom. The SMILES string of the molecule is CSC1CCCC1N1C(=O)C2(CCCC2)NC1CC(C)C. The zero-order chi connectivity index (χ0) is 15.0. The van der Waals surface area contributed by atoms with Crippen molar-refractivity contribution >= 4 is 17.7 Å². The van der Waals surface area contributed by atoms with Crippen molar-refractivity contribution in [3.05, 3.63) is 0 Å². The van der Waals surface area contributed by atoms with E-state index < -0.39 is 0 Å². The van der Waals surface area contributed by atoms with Gasteiger partial charge in [0.2, 0.25) is 5.91 Å². The quantitative estimate of drug-likeness (QED) is 0.864. The summed E-state index contributed by atoms with van der Waals surface area (Å²) in [4.78, 5) is 15.5. The fourth-order valence-electron chi connectivity index (χ4n) is 4.68. The maximum absolute atomic E-state index is 13.2. The molecule has 0 radical (unpaired) electrons. The first-order chi connectivity index (χ1) is 10.1. The molecule has 2 saturated carbocycles. The lowest BCUT2D eigenvalue weighted by molar-refractivity contribution is -0.135. The lowest BCUT2D eigenvalue weighted by Crippen LogP contribution is -2.48. The van der Waals surface area contributed by atoms with Crippen molar-refractivity contribution in [2.45, 2.75) is 88.2 Å². The normalized spacial score (nSPS) is 35.5. The molecule has 2 aliphatic carbocycles. The second kappa shape index (κ2) is 6.11. The maximum Gasteiger partial charge on any atom is 0.244 e. The van der Waals surface area contributed by atoms with Crippen LogP contribution in [0.25, 0.3) is 0 Å². The van der Waals surface area contributed by atoms with Gasteiger partial charge in [0.05, 0.1) is 11.7 Å². The Balaban J connectivity index is 1.85. The molecule has 1 heterocycles. The second-order valence-corrected chi connectivity index (χ2v) is 8.64. The molecule has 4 heteroatoms. The van der Waals surface area contributed by atoms with Crippen LogP contribution in [0.1, 0.15) is 65.2 Å². The van der Waals surface area contributed by atoms with Crippen molar-refractivity contribution in [2.75, 3.05) is 6.26 Å². The van der Waals surface area contributed by atoms with E-state index in [2.05, 4.69) is 30.3 Å². The van der Waals surface area contributed by atoms with E-state index in [1.807, 2.05) is 11.8 Å². The molecule has 3 fully saturated rings. The molecule has 1 N–H and O–H groups in total. The summed E-state index contributed by atoms with van der Waals surface area (Å²) in [7, 11) is 0. The lowest BCUT2D eigenvalue weighted by atomic mass is 9.97. The minimum absolute atomic E-state index is 0.203. The van der Waals surface area contributed by atoms with Gasteiger partial charge >= 0.3 is 0 Å². The Labute approximate surface area is 133 Å². The Morgan fingerprint density at radius 2 is 2.00 bits per heavy atom. The fraction of sp³-hybridized carbons (Fsp3) is 0.941. The first kappa shape index (κ1) is 15.7. The summed E-state index contributed by atoms with van der Waals surface area (Å²) in [5.74, 6) is 1.06. The van der Waals surface area contributed by atoms with E-state index in [0.717, 1.165) is 19.3 Å². The molecule has 0 bridgehead atoms. The molecular formula is C17H30N2OS. The minimum atomic E-state index is -0.203. The molecule has 3 unspecified atom stereocenters. The van der Waals surface area contributed by atoms with Crippen LogP contribution in [0, 0.1) is 5.92 Å². The molecular weight excluding hydrogens is 280 g/mol. The highest BCUT2D eigenvalue weighted by molar-refractivity contribution is 7.99. The number of thioether (sulfide) groups is 1. The average Bonchev–Trinajstić information content (AvgIpc) is 3.12. The van der Waals surface area contributed by atoms with Gasteiger partial charge in [-0.25, -0.2) is 0 Å². The van der Waals surface area contributed by atoms with Gasteiger partial charge < -0.3 is 4.90 Å². The standard InChI is InChI=1S/C17H30N2OS/c1-12(2)11-15-18-17(9-4-5-10-17)16(20)19(15)13-7-6-8-14(13)21-3/h12-15,18H,4-11H2,1-3H3. The van der Waals surface area contributed by atoms with Gasteiger partial charge in [-0.15, -0.1) is 0 Å². The van der Waals surface area contributed by atoms with Crippen molar-refractivity contribution in [1.82, 2.24) is 10.2 Å². The van der Waals surface area contributed by atoms with Crippen molar-refractivity contribution in [3.63, 3.8) is 0 Å². The van der Waals surface area contributed by atoms with Gasteiger partial charge in [0, 0.05) is 11.3 Å². The molecule has 3 nitrogen and oxygen atoms in total. The van der Waals surface area contributed by atoms with E-state index in [0.29, 0.717) is 23.1 Å². The monoisotopic (exact) mass is 310 g/mol. The number of hydrogen-bond donors (Lipinski definition) is 1. The van der Waals surface area contributed by atoms with E-state index in [1.165, 1.54) is 32.1 Å². The molecule has 0 aromatic rings. The number of carbonyl (C=O) groups is 1. The van der Waals surface area contributed by atoms with Gasteiger partial charge in [-0.05, 0) is 44.3 Å². The molecule has 0 aromatic heterocycles. The highest BCUT2D eigenvalue weighted by Gasteiger charge is 2.55. The van der Waals surface area contributed by atoms with Crippen molar-refractivity contribution in [3.8, 4) is 0 Å². The highest BCUT2D eigenvalue weighted by atomic mass is 32.2. The minimum Gasteiger partial charge on any atom is -0.321 e. The first-order valence-corrected chi connectivity index (χ1v) is 9.99. The second-order valence-electron chi connectivity index (χ2n) is 7.56. The van der Waals surface area contributed by atoms with Crippen LogP contribution in [0.4, 0.5) is 0 Å². The third-order valence-electron chi connectivity index (χ3n) is 5.65. The number of nitrogens with one attached hydrogen (secondary N) is 1. The molecule has 3 atom stereocenters. The molecule has 1 spiro atoms. The Kier molecular flexibility index (Phi) is 4.56. The van der Waals surface area contributed by atoms with Crippen molar-refractivity contribution in [2.24, 2.45) is 5.92 Å². The van der Waals surface area contributed by atoms with Crippen LogP contribution in [0.15, 0.2) is 0 Å². The van der Waals surface area contributed by atoms with Crippen molar-refractivity contribution in [1.29, 1.82) is 0 Å². The molecule has 1 saturated heterocycles. The molecule has 120 valence electrons. The van der Waals surface area contributed by atoms with Gasteiger partial charge in [-0.1, -0.05) is 33.1 Å². The van der Waals surface area contributed by atoms with Crippen molar-refractivity contribution < 1.29 is 4.79 Å². The molecule has 3 rings (SSSR count). The van der Waals surface area contributed by atoms with E-state index in [4.69, 9.17) is 0 Å². The summed E-state index contributed by atoms with van der Waals surface area (Å²) in [5.41, 5.74) is -0.203. The van der Waals surface area contributed by atoms with Crippen LogP contribution in [0.3, 0.4) is 0 Å². The van der Waals surface area contributed by atoms with Crippen LogP contribution < -0.4 is 5.32 Å². The summed E-state index contributed by atoms with van der Waals surface area (Å²) < 4.78 is 0. The largest absolute Gasteiger partial charge is 0.321 e. The smallest absolute Gasteiger partial charge is 0.244 e. The van der Waals surface area contributed by atoms with Crippen LogP contribution in [-0.2, 0) is 4.79 Å². The number of hydrogen-bond acceptors (Lipinski definition) is 3. The number of carbonyl (C=O) groups excluding carboxylic acids is 1. The Hall–Kier alpha value is -0.220. The van der Waals surface area contributed by atoms with Crippen LogP contribution in [0.2, 0.25) is 0 Å². The molecule has 3 aliphatic rings. The van der Waals surface area contributed by atoms with Gasteiger partial charge in [-0.2, -0.15) is 11.8 Å². The Bertz CT molecular complexity index is 392. The topological polar surface area (TPSA) is 32.3 Å². The zero-order valence-corrected chi connectivity index (χ0v) is 14.5.